The summed E-state index contributed by atoms with van der Waals surface area (Å²) < 4.78 is 6.61. The second-order valence-electron chi connectivity index (χ2n) is 10.5. The fourth-order valence-corrected chi connectivity index (χ4v) is 7.12. The minimum absolute atomic E-state index is 0.0428. The normalized spacial score (nSPS) is 25.2. The molecule has 2 aliphatic heterocycles. The van der Waals surface area contributed by atoms with E-state index in [1.165, 1.54) is 4.90 Å². The first-order valence-corrected chi connectivity index (χ1v) is 13.5. The van der Waals surface area contributed by atoms with Crippen molar-refractivity contribution in [2.75, 3.05) is 19.8 Å². The summed E-state index contributed by atoms with van der Waals surface area (Å²) in [4.78, 5) is 32.7. The lowest BCUT2D eigenvalue weighted by molar-refractivity contribution is -0.143. The van der Waals surface area contributed by atoms with E-state index in [-0.39, 0.29) is 35.1 Å². The van der Waals surface area contributed by atoms with Crippen molar-refractivity contribution in [1.29, 1.82) is 0 Å². The SMILES string of the molecule is Cc1cc(Cl)cc(-c2ccnc3cc(CN4C(=O)C5C(C4=O)C5(C)C)sc23)c1/C=C/[C@@H]1COCCN1. The fraction of sp³-hybridized carbons (Fsp3) is 0.393. The number of aryl methyl sites for hydroxylation is 1. The monoisotopic (exact) mass is 521 g/mol. The summed E-state index contributed by atoms with van der Waals surface area (Å²) in [6, 6.07) is 8.15. The Balaban J connectivity index is 1.35. The van der Waals surface area contributed by atoms with E-state index in [1.807, 2.05) is 38.1 Å². The van der Waals surface area contributed by atoms with Crippen LogP contribution in [0.2, 0.25) is 5.02 Å². The number of aromatic nitrogens is 1. The Kier molecular flexibility index (Phi) is 5.80. The Morgan fingerprint density at radius 2 is 2.00 bits per heavy atom. The minimum Gasteiger partial charge on any atom is -0.378 e. The second-order valence-corrected chi connectivity index (χ2v) is 12.1. The number of carbonyl (C=O) groups is 2. The maximum absolute atomic E-state index is 12.9. The Hall–Kier alpha value is -2.58. The summed E-state index contributed by atoms with van der Waals surface area (Å²) in [5.74, 6) is -0.417. The molecular weight excluding hydrogens is 494 g/mol. The van der Waals surface area contributed by atoms with Crippen molar-refractivity contribution in [3.63, 3.8) is 0 Å². The number of nitrogens with zero attached hydrogens (tertiary/aromatic N) is 2. The van der Waals surface area contributed by atoms with E-state index in [2.05, 4.69) is 29.4 Å². The lowest BCUT2D eigenvalue weighted by Crippen LogP contribution is -2.39. The van der Waals surface area contributed by atoms with Gasteiger partial charge in [-0.15, -0.1) is 11.3 Å². The summed E-state index contributed by atoms with van der Waals surface area (Å²) in [5.41, 5.74) is 4.91. The number of nitrogens with one attached hydrogen (secondary N) is 1. The van der Waals surface area contributed by atoms with Gasteiger partial charge in [-0.2, -0.15) is 0 Å². The van der Waals surface area contributed by atoms with E-state index in [4.69, 9.17) is 16.3 Å². The van der Waals surface area contributed by atoms with Gasteiger partial charge in [-0.1, -0.05) is 37.6 Å². The van der Waals surface area contributed by atoms with Crippen molar-refractivity contribution in [3.8, 4) is 11.1 Å². The maximum atomic E-state index is 12.9. The van der Waals surface area contributed by atoms with Gasteiger partial charge in [0.05, 0.1) is 41.8 Å². The fourth-order valence-electron chi connectivity index (χ4n) is 5.71. The minimum atomic E-state index is -0.201. The number of ether oxygens (including phenoxy) is 1. The molecule has 2 saturated heterocycles. The van der Waals surface area contributed by atoms with Crippen LogP contribution in [-0.4, -0.2) is 47.5 Å². The highest BCUT2D eigenvalue weighted by molar-refractivity contribution is 7.19. The molecule has 6 rings (SSSR count). The third-order valence-corrected chi connectivity index (χ3v) is 9.12. The van der Waals surface area contributed by atoms with Crippen LogP contribution < -0.4 is 5.32 Å². The third kappa shape index (κ3) is 3.89. The van der Waals surface area contributed by atoms with E-state index < -0.39 is 0 Å². The number of imide groups is 1. The number of fused-ring (bicyclic) bond motifs is 2. The highest BCUT2D eigenvalue weighted by Crippen LogP contribution is 2.63. The van der Waals surface area contributed by atoms with Crippen molar-refractivity contribution >= 4 is 51.0 Å². The zero-order valence-electron chi connectivity index (χ0n) is 20.5. The molecule has 3 atom stereocenters. The van der Waals surface area contributed by atoms with Gasteiger partial charge in [0.25, 0.3) is 0 Å². The van der Waals surface area contributed by atoms with Gasteiger partial charge in [-0.25, -0.2) is 0 Å². The zero-order valence-corrected chi connectivity index (χ0v) is 22.1. The lowest BCUT2D eigenvalue weighted by atomic mass is 9.95. The quantitative estimate of drug-likeness (QED) is 0.475. The van der Waals surface area contributed by atoms with E-state index in [1.54, 1.807) is 17.5 Å². The number of hydrogen-bond acceptors (Lipinski definition) is 6. The van der Waals surface area contributed by atoms with Gasteiger partial charge in [0.2, 0.25) is 11.8 Å². The molecule has 3 fully saturated rings. The van der Waals surface area contributed by atoms with Gasteiger partial charge in [0.15, 0.2) is 0 Å². The van der Waals surface area contributed by atoms with Gasteiger partial charge < -0.3 is 10.1 Å². The molecule has 2 amide bonds. The van der Waals surface area contributed by atoms with Crippen molar-refractivity contribution < 1.29 is 14.3 Å². The van der Waals surface area contributed by atoms with Gasteiger partial charge >= 0.3 is 0 Å². The average Bonchev–Trinajstić information content (AvgIpc) is 3.10. The summed E-state index contributed by atoms with van der Waals surface area (Å²) in [5, 5.41) is 4.14. The number of hydrogen-bond donors (Lipinski definition) is 1. The largest absolute Gasteiger partial charge is 0.378 e. The van der Waals surface area contributed by atoms with Gasteiger partial charge in [-0.05, 0) is 53.3 Å². The van der Waals surface area contributed by atoms with Crippen LogP contribution in [0.1, 0.15) is 29.9 Å². The Labute approximate surface area is 219 Å². The van der Waals surface area contributed by atoms with Crippen LogP contribution in [0.15, 0.2) is 36.5 Å². The lowest BCUT2D eigenvalue weighted by Gasteiger charge is -2.21. The summed E-state index contributed by atoms with van der Waals surface area (Å²) in [7, 11) is 0. The zero-order chi connectivity index (χ0) is 25.2. The Morgan fingerprint density at radius 3 is 2.72 bits per heavy atom. The molecule has 6 nitrogen and oxygen atoms in total. The van der Waals surface area contributed by atoms with Crippen molar-refractivity contribution in [1.82, 2.24) is 15.2 Å². The van der Waals surface area contributed by atoms with Crippen LogP contribution in [0.25, 0.3) is 27.4 Å². The number of morpholine rings is 1. The molecule has 0 radical (unpaired) electrons. The molecule has 1 aromatic carbocycles. The molecule has 1 saturated carbocycles. The molecule has 3 aliphatic rings. The highest BCUT2D eigenvalue weighted by Gasteiger charge is 2.72. The highest BCUT2D eigenvalue weighted by atomic mass is 35.5. The molecule has 2 unspecified atom stereocenters. The summed E-state index contributed by atoms with van der Waals surface area (Å²) >= 11 is 8.10. The average molecular weight is 522 g/mol. The van der Waals surface area contributed by atoms with Gasteiger partial charge in [-0.3, -0.25) is 19.5 Å². The molecule has 186 valence electrons. The van der Waals surface area contributed by atoms with Crippen LogP contribution in [0.5, 0.6) is 0 Å². The summed E-state index contributed by atoms with van der Waals surface area (Å²) in [6.45, 7) is 8.60. The number of amides is 2. The number of pyridine rings is 1. The Bertz CT molecular complexity index is 1400. The first-order valence-electron chi connectivity index (χ1n) is 12.3. The van der Waals surface area contributed by atoms with E-state index in [9.17, 15) is 9.59 Å². The number of halogens is 1. The number of thiophene rings is 1. The number of carbonyl (C=O) groups excluding carboxylic acids is 2. The molecule has 8 heteroatoms. The van der Waals surface area contributed by atoms with Crippen molar-refractivity contribution in [2.24, 2.45) is 17.3 Å². The molecule has 3 aromatic rings. The van der Waals surface area contributed by atoms with E-state index >= 15 is 0 Å². The number of piperidine rings is 1. The Morgan fingerprint density at radius 1 is 1.22 bits per heavy atom. The molecule has 2 aromatic heterocycles. The topological polar surface area (TPSA) is 71.5 Å². The predicted octanol–water partition coefficient (Wildman–Crippen LogP) is 5.07. The van der Waals surface area contributed by atoms with E-state index in [0.717, 1.165) is 50.5 Å². The van der Waals surface area contributed by atoms with E-state index in [0.29, 0.717) is 18.2 Å². The molecule has 0 spiro atoms. The number of likely N-dealkylation sites (tertiary alicyclic amines) is 1. The van der Waals surface area contributed by atoms with Crippen molar-refractivity contribution in [3.05, 3.63) is 57.6 Å². The number of rotatable bonds is 5. The summed E-state index contributed by atoms with van der Waals surface area (Å²) in [6.07, 6.45) is 6.09. The molecule has 36 heavy (non-hydrogen) atoms. The first kappa shape index (κ1) is 23.8. The van der Waals surface area contributed by atoms with Crippen LogP contribution in [-0.2, 0) is 20.9 Å². The maximum Gasteiger partial charge on any atom is 0.234 e. The standard InChI is InChI=1S/C28H28ClN3O3S/c1-15-10-16(29)11-21(19(15)5-4-17-14-35-9-8-30-17)20-6-7-31-22-12-18(36-25(20)22)13-32-26(33)23-24(27(32)34)28(23,2)3/h4-7,10-12,17,23-24,30H,8-9,13-14H2,1-3H3/b5-4+/t17-,23?,24?/m1/s1. The van der Waals surface area contributed by atoms with Gasteiger partial charge in [0, 0.05) is 34.2 Å². The van der Waals surface area contributed by atoms with Crippen LogP contribution in [0.3, 0.4) is 0 Å². The van der Waals surface area contributed by atoms with Gasteiger partial charge in [0.1, 0.15) is 0 Å². The third-order valence-electron chi connectivity index (χ3n) is 7.76. The van der Waals surface area contributed by atoms with Crippen LogP contribution in [0.4, 0.5) is 0 Å². The van der Waals surface area contributed by atoms with Crippen molar-refractivity contribution in [2.45, 2.75) is 33.4 Å². The predicted molar refractivity (Wildman–Crippen MR) is 143 cm³/mol. The molecule has 4 heterocycles. The van der Waals surface area contributed by atoms with Crippen LogP contribution in [0, 0.1) is 24.2 Å². The molecule has 1 aliphatic carbocycles. The first-order chi connectivity index (χ1) is 17.3. The smallest absolute Gasteiger partial charge is 0.234 e. The van der Waals surface area contributed by atoms with Crippen LogP contribution >= 0.6 is 22.9 Å². The molecule has 1 N–H and O–H groups in total. The second kappa shape index (κ2) is 8.77. The number of benzene rings is 1. The molecule has 0 bridgehead atoms. The molecular formula is C28H28ClN3O3S.